The molecule has 0 spiro atoms. The van der Waals surface area contributed by atoms with Crippen molar-refractivity contribution in [2.24, 2.45) is 0 Å². The van der Waals surface area contributed by atoms with E-state index in [-0.39, 0.29) is 30.7 Å². The zero-order valence-electron chi connectivity index (χ0n) is 17.3. The molecule has 9 heteroatoms. The van der Waals surface area contributed by atoms with E-state index in [4.69, 9.17) is 0 Å². The normalized spacial score (nSPS) is 12.7. The molecule has 33 heavy (non-hydrogen) atoms. The topological polar surface area (TPSA) is 91.4 Å². The molecule has 4 aromatic rings. The van der Waals surface area contributed by atoms with Gasteiger partial charge in [0.15, 0.2) is 0 Å². The van der Waals surface area contributed by atoms with Gasteiger partial charge in [-0.15, -0.1) is 22.7 Å². The Balaban J connectivity index is 1.24. The van der Waals surface area contributed by atoms with E-state index < -0.39 is 0 Å². The average Bonchev–Trinajstić information content (AvgIpc) is 3.51. The molecule has 0 fully saturated rings. The van der Waals surface area contributed by atoms with E-state index in [1.54, 1.807) is 53.8 Å². The minimum Gasteiger partial charge on any atom is -0.326 e. The van der Waals surface area contributed by atoms with Gasteiger partial charge in [-0.25, -0.2) is 4.98 Å². The molecule has 2 aromatic heterocycles. The largest absolute Gasteiger partial charge is 0.326 e. The number of thiazole rings is 1. The molecule has 0 unspecified atom stereocenters. The van der Waals surface area contributed by atoms with Crippen LogP contribution in [-0.2, 0) is 16.0 Å². The minimum atomic E-state index is -0.279. The molecule has 7 nitrogen and oxygen atoms in total. The highest BCUT2D eigenvalue weighted by molar-refractivity contribution is 7.20. The van der Waals surface area contributed by atoms with E-state index in [0.29, 0.717) is 22.6 Å². The van der Waals surface area contributed by atoms with Gasteiger partial charge in [0.1, 0.15) is 11.6 Å². The van der Waals surface area contributed by atoms with E-state index in [1.807, 2.05) is 29.0 Å². The van der Waals surface area contributed by atoms with Crippen LogP contribution in [0.1, 0.15) is 16.1 Å². The molecule has 5 rings (SSSR count). The SMILES string of the molecule is O=C(Cc1csc(-c2cccs2)n1)Nc1ccc(C(=O)N2CC(=O)Nc3ccccc32)cc1. The number of rotatable bonds is 5. The number of amides is 3. The standard InChI is InChI=1S/C24H18N4O3S2/c29-21(12-17-14-33-23(26-17)20-6-3-11-32-20)25-16-9-7-15(8-10-16)24(31)28-13-22(30)27-18-4-1-2-5-19(18)28/h1-11,14H,12-13H2,(H,25,29)(H,27,30). The molecule has 2 aromatic carbocycles. The molecule has 0 bridgehead atoms. The number of hydrogen-bond acceptors (Lipinski definition) is 6. The molecule has 0 atom stereocenters. The van der Waals surface area contributed by atoms with Crippen molar-refractivity contribution in [3.8, 4) is 9.88 Å². The Bertz CT molecular complexity index is 1330. The second kappa shape index (κ2) is 8.97. The molecule has 1 aliphatic rings. The lowest BCUT2D eigenvalue weighted by Gasteiger charge is -2.29. The summed E-state index contributed by atoms with van der Waals surface area (Å²) in [5.41, 5.74) is 2.99. The molecule has 0 saturated carbocycles. The summed E-state index contributed by atoms with van der Waals surface area (Å²) in [5, 5.41) is 10.4. The summed E-state index contributed by atoms with van der Waals surface area (Å²) in [6.07, 6.45) is 0.169. The molecular weight excluding hydrogens is 456 g/mol. The van der Waals surface area contributed by atoms with Gasteiger partial charge in [-0.2, -0.15) is 0 Å². The third-order valence-electron chi connectivity index (χ3n) is 5.06. The Kier molecular flexibility index (Phi) is 5.72. The number of nitrogens with zero attached hydrogens (tertiary/aromatic N) is 2. The van der Waals surface area contributed by atoms with Crippen LogP contribution in [0.3, 0.4) is 0 Å². The van der Waals surface area contributed by atoms with Crippen LogP contribution in [-0.4, -0.2) is 29.3 Å². The van der Waals surface area contributed by atoms with Crippen molar-refractivity contribution in [3.05, 3.63) is 82.7 Å². The zero-order valence-corrected chi connectivity index (χ0v) is 18.9. The summed E-state index contributed by atoms with van der Waals surface area (Å²) in [6, 6.07) is 17.8. The van der Waals surface area contributed by atoms with E-state index in [0.717, 1.165) is 15.6 Å². The third kappa shape index (κ3) is 4.55. The van der Waals surface area contributed by atoms with E-state index >= 15 is 0 Å². The number of anilines is 3. The summed E-state index contributed by atoms with van der Waals surface area (Å²) in [6.45, 7) is -0.0462. The van der Waals surface area contributed by atoms with Crippen molar-refractivity contribution in [2.45, 2.75) is 6.42 Å². The quantitative estimate of drug-likeness (QED) is 0.440. The van der Waals surface area contributed by atoms with Crippen LogP contribution in [0, 0.1) is 0 Å². The van der Waals surface area contributed by atoms with Crippen LogP contribution in [0.2, 0.25) is 0 Å². The highest BCUT2D eigenvalue weighted by Gasteiger charge is 2.27. The lowest BCUT2D eigenvalue weighted by molar-refractivity contribution is -0.116. The van der Waals surface area contributed by atoms with Gasteiger partial charge in [-0.1, -0.05) is 18.2 Å². The molecule has 3 amide bonds. The van der Waals surface area contributed by atoms with Crippen molar-refractivity contribution < 1.29 is 14.4 Å². The number of carbonyl (C=O) groups excluding carboxylic acids is 3. The van der Waals surface area contributed by atoms with E-state index in [1.165, 1.54) is 16.2 Å². The summed E-state index contributed by atoms with van der Waals surface area (Å²) in [5.74, 6) is -0.701. The fourth-order valence-corrected chi connectivity index (χ4v) is 5.17. The predicted molar refractivity (Wildman–Crippen MR) is 131 cm³/mol. The first-order valence-electron chi connectivity index (χ1n) is 10.2. The Hall–Kier alpha value is -3.82. The van der Waals surface area contributed by atoms with Gasteiger partial charge in [-0.05, 0) is 47.8 Å². The fraction of sp³-hybridized carbons (Fsp3) is 0.0833. The fourth-order valence-electron chi connectivity index (χ4n) is 3.54. The third-order valence-corrected chi connectivity index (χ3v) is 6.99. The molecule has 3 heterocycles. The monoisotopic (exact) mass is 474 g/mol. The van der Waals surface area contributed by atoms with Gasteiger partial charge in [-0.3, -0.25) is 19.3 Å². The molecular formula is C24H18N4O3S2. The van der Waals surface area contributed by atoms with Crippen molar-refractivity contribution in [1.29, 1.82) is 0 Å². The maximum absolute atomic E-state index is 13.0. The number of benzene rings is 2. The molecule has 1 aliphatic heterocycles. The summed E-state index contributed by atoms with van der Waals surface area (Å²) in [7, 11) is 0. The molecule has 164 valence electrons. The van der Waals surface area contributed by atoms with Crippen LogP contribution >= 0.6 is 22.7 Å². The first-order chi connectivity index (χ1) is 16.1. The average molecular weight is 475 g/mol. The number of carbonyl (C=O) groups is 3. The lowest BCUT2D eigenvalue weighted by Crippen LogP contribution is -2.42. The summed E-state index contributed by atoms with van der Waals surface area (Å²) in [4.78, 5) is 44.6. The van der Waals surface area contributed by atoms with Crippen molar-refractivity contribution in [1.82, 2.24) is 4.98 Å². The van der Waals surface area contributed by atoms with Crippen LogP contribution in [0.15, 0.2) is 71.4 Å². The van der Waals surface area contributed by atoms with E-state index in [2.05, 4.69) is 15.6 Å². The van der Waals surface area contributed by atoms with Crippen molar-refractivity contribution >= 4 is 57.5 Å². The highest BCUT2D eigenvalue weighted by Crippen LogP contribution is 2.30. The second-order valence-electron chi connectivity index (χ2n) is 7.38. The highest BCUT2D eigenvalue weighted by atomic mass is 32.1. The van der Waals surface area contributed by atoms with Crippen LogP contribution < -0.4 is 15.5 Å². The Morgan fingerprint density at radius 2 is 1.85 bits per heavy atom. The summed E-state index contributed by atoms with van der Waals surface area (Å²) < 4.78 is 0. The number of fused-ring (bicyclic) bond motifs is 1. The predicted octanol–water partition coefficient (Wildman–Crippen LogP) is 4.65. The first-order valence-corrected chi connectivity index (χ1v) is 11.9. The molecule has 2 N–H and O–H groups in total. The van der Waals surface area contributed by atoms with Crippen molar-refractivity contribution in [2.75, 3.05) is 22.1 Å². The number of aromatic nitrogens is 1. The van der Waals surface area contributed by atoms with Gasteiger partial charge in [0, 0.05) is 16.6 Å². The maximum atomic E-state index is 13.0. The number of nitrogens with one attached hydrogen (secondary N) is 2. The van der Waals surface area contributed by atoms with Gasteiger partial charge in [0.2, 0.25) is 11.8 Å². The maximum Gasteiger partial charge on any atom is 0.258 e. The summed E-state index contributed by atoms with van der Waals surface area (Å²) >= 11 is 3.13. The van der Waals surface area contributed by atoms with Crippen LogP contribution in [0.25, 0.3) is 9.88 Å². The Morgan fingerprint density at radius 3 is 2.64 bits per heavy atom. The van der Waals surface area contributed by atoms with E-state index in [9.17, 15) is 14.4 Å². The minimum absolute atomic E-state index is 0.0462. The van der Waals surface area contributed by atoms with Crippen LogP contribution in [0.5, 0.6) is 0 Å². The number of hydrogen-bond donors (Lipinski definition) is 2. The van der Waals surface area contributed by atoms with Crippen molar-refractivity contribution in [3.63, 3.8) is 0 Å². The van der Waals surface area contributed by atoms with Gasteiger partial charge in [0.05, 0.1) is 28.4 Å². The zero-order chi connectivity index (χ0) is 22.8. The Morgan fingerprint density at radius 1 is 1.03 bits per heavy atom. The molecule has 0 saturated heterocycles. The number of thiophene rings is 1. The van der Waals surface area contributed by atoms with Gasteiger partial charge in [0.25, 0.3) is 5.91 Å². The van der Waals surface area contributed by atoms with Gasteiger partial charge >= 0.3 is 0 Å². The van der Waals surface area contributed by atoms with Gasteiger partial charge < -0.3 is 10.6 Å². The molecule has 0 radical (unpaired) electrons. The smallest absolute Gasteiger partial charge is 0.258 e. The molecule has 0 aliphatic carbocycles. The second-order valence-corrected chi connectivity index (χ2v) is 9.19. The number of para-hydroxylation sites is 2. The Labute approximate surface area is 197 Å². The first kappa shape index (κ1) is 21.0. The lowest BCUT2D eigenvalue weighted by atomic mass is 10.1. The van der Waals surface area contributed by atoms with Crippen LogP contribution in [0.4, 0.5) is 17.1 Å².